The molecule has 0 bridgehead atoms. The molecule has 3 aromatic rings. The lowest BCUT2D eigenvalue weighted by atomic mass is 10.1. The molecule has 0 atom stereocenters. The number of halogens is 2. The molecule has 0 radical (unpaired) electrons. The van der Waals surface area contributed by atoms with Gasteiger partial charge in [0.15, 0.2) is 0 Å². The molecule has 2 saturated heterocycles. The highest BCUT2D eigenvalue weighted by molar-refractivity contribution is 9.10. The van der Waals surface area contributed by atoms with E-state index < -0.39 is 5.91 Å². The fraction of sp³-hybridized carbons (Fsp3) is 0.385. The van der Waals surface area contributed by atoms with Crippen LogP contribution in [0.5, 0.6) is 11.5 Å². The van der Waals surface area contributed by atoms with Crippen molar-refractivity contribution >= 4 is 63.5 Å². The second-order valence-electron chi connectivity index (χ2n) is 9.33. The summed E-state index contributed by atoms with van der Waals surface area (Å²) in [5.74, 6) is 0.923. The summed E-state index contributed by atoms with van der Waals surface area (Å²) in [6.07, 6.45) is 6.90. The Morgan fingerprint density at radius 1 is 0.762 bits per heavy atom. The van der Waals surface area contributed by atoms with Crippen LogP contribution in [-0.2, 0) is 0 Å². The number of piperidine rings is 2. The minimum Gasteiger partial charge on any atom is -0.507 e. The Morgan fingerprint density at radius 2 is 1.31 bits per heavy atom. The zero-order chi connectivity index (χ0) is 25.8. The third-order valence-electron chi connectivity index (χ3n) is 6.59. The first kappa shape index (κ1) is 38.5. The van der Waals surface area contributed by atoms with E-state index >= 15 is 0 Å². The van der Waals surface area contributed by atoms with E-state index in [0.29, 0.717) is 28.0 Å². The second kappa shape index (κ2) is 17.5. The second-order valence-corrected chi connectivity index (χ2v) is 10.2. The van der Waals surface area contributed by atoms with Crippen molar-refractivity contribution in [3.05, 3.63) is 46.4 Å². The SMILES string of the molecule is Cl.N.N.N.N.O=C(Nc1ccc(Nc2nc(N3CCCCC3)nc(N3CCCCC3)n2)cc1O)c1cc(Br)ccc1O.[HH].[HH].[HH].[HH]. The number of nitrogens with one attached hydrogen (secondary N) is 2. The zero-order valence-electron chi connectivity index (χ0n) is 23.7. The van der Waals surface area contributed by atoms with Crippen LogP contribution >= 0.6 is 28.3 Å². The Labute approximate surface area is 266 Å². The number of carbonyl (C=O) groups is 1. The molecule has 0 spiro atoms. The van der Waals surface area contributed by atoms with E-state index in [1.165, 1.54) is 31.0 Å². The maximum Gasteiger partial charge on any atom is 0.259 e. The van der Waals surface area contributed by atoms with E-state index in [0.717, 1.165) is 51.9 Å². The quantitative estimate of drug-likeness (QED) is 0.121. The molecule has 42 heavy (non-hydrogen) atoms. The standard InChI is InChI=1S/C26H30BrN7O3.ClH.4H3N.4H2/c27-17-7-10-21(35)19(15-17)23(37)29-20-9-8-18(16-22(20)36)28-24-30-25(33-11-3-1-4-12-33)32-26(31-24)34-13-5-2-6-14-34;;;;;;;;;/h7-10,15-16,35-36H,1-6,11-14H2,(H,29,37)(H,28,30,31,32);1H;4*1H3;4*1H. The highest BCUT2D eigenvalue weighted by Gasteiger charge is 2.21. The van der Waals surface area contributed by atoms with Crippen LogP contribution in [0, 0.1) is 0 Å². The van der Waals surface area contributed by atoms with Gasteiger partial charge in [0.1, 0.15) is 11.5 Å². The zero-order valence-corrected chi connectivity index (χ0v) is 26.1. The van der Waals surface area contributed by atoms with Crippen molar-refractivity contribution in [1.29, 1.82) is 0 Å². The molecule has 0 unspecified atom stereocenters. The number of carbonyl (C=O) groups excluding carboxylic acids is 1. The Kier molecular flexibility index (Phi) is 16.0. The normalized spacial score (nSPS) is 14.0. The average Bonchev–Trinajstić information content (AvgIpc) is 2.92. The topological polar surface area (TPSA) is 267 Å². The van der Waals surface area contributed by atoms with Gasteiger partial charge in [0.25, 0.3) is 5.91 Å². The van der Waals surface area contributed by atoms with Crippen molar-refractivity contribution in [1.82, 2.24) is 39.6 Å². The molecule has 0 saturated carbocycles. The van der Waals surface area contributed by atoms with Gasteiger partial charge < -0.3 is 55.2 Å². The summed E-state index contributed by atoms with van der Waals surface area (Å²) in [6.45, 7) is 3.69. The lowest BCUT2D eigenvalue weighted by Gasteiger charge is -2.30. The van der Waals surface area contributed by atoms with E-state index in [-0.39, 0.29) is 65.5 Å². The Bertz CT molecular complexity index is 1280. The number of rotatable bonds is 6. The number of nitrogens with zero attached hydrogens (tertiary/aromatic N) is 5. The van der Waals surface area contributed by atoms with Crippen LogP contribution < -0.4 is 45.0 Å². The van der Waals surface area contributed by atoms with Crippen molar-refractivity contribution in [2.45, 2.75) is 38.5 Å². The van der Waals surface area contributed by atoms with Gasteiger partial charge in [-0.15, -0.1) is 12.4 Å². The van der Waals surface area contributed by atoms with E-state index in [2.05, 4.69) is 46.3 Å². The molecule has 2 aromatic carbocycles. The first-order valence-electron chi connectivity index (χ1n) is 12.6. The van der Waals surface area contributed by atoms with Gasteiger partial charge in [-0.25, -0.2) is 0 Å². The van der Waals surface area contributed by atoms with Crippen LogP contribution in [0.25, 0.3) is 0 Å². The van der Waals surface area contributed by atoms with Gasteiger partial charge in [0, 0.05) is 48.1 Å². The van der Waals surface area contributed by atoms with E-state index in [1.807, 2.05) is 0 Å². The van der Waals surface area contributed by atoms with Crippen LogP contribution in [0.3, 0.4) is 0 Å². The average molecular weight is 681 g/mol. The van der Waals surface area contributed by atoms with Crippen molar-refractivity contribution in [3.8, 4) is 11.5 Å². The van der Waals surface area contributed by atoms with Gasteiger partial charge in [-0.3, -0.25) is 4.79 Å². The Morgan fingerprint density at radius 3 is 1.83 bits per heavy atom. The van der Waals surface area contributed by atoms with Gasteiger partial charge in [-0.1, -0.05) is 15.9 Å². The van der Waals surface area contributed by atoms with E-state index in [1.54, 1.807) is 18.2 Å². The highest BCUT2D eigenvalue weighted by Crippen LogP contribution is 2.31. The third-order valence-corrected chi connectivity index (χ3v) is 7.09. The maximum absolute atomic E-state index is 12.6. The first-order valence-corrected chi connectivity index (χ1v) is 13.4. The number of phenols is 2. The van der Waals surface area contributed by atoms with Crippen molar-refractivity contribution < 1.29 is 20.7 Å². The molecule has 242 valence electrons. The summed E-state index contributed by atoms with van der Waals surface area (Å²) in [5.41, 5.74) is 0.881. The summed E-state index contributed by atoms with van der Waals surface area (Å²) in [7, 11) is 0. The van der Waals surface area contributed by atoms with Gasteiger partial charge in [-0.05, 0) is 68.9 Å². The molecule has 2 fully saturated rings. The highest BCUT2D eigenvalue weighted by atomic mass is 79.9. The van der Waals surface area contributed by atoms with Crippen molar-refractivity contribution in [2.75, 3.05) is 46.6 Å². The minimum atomic E-state index is -0.537. The maximum atomic E-state index is 12.6. The Balaban J connectivity index is -0.000000623. The van der Waals surface area contributed by atoms with Crippen LogP contribution in [0.2, 0.25) is 0 Å². The lowest BCUT2D eigenvalue weighted by Crippen LogP contribution is -2.34. The number of benzene rings is 2. The fourth-order valence-electron chi connectivity index (χ4n) is 4.60. The minimum absolute atomic E-state index is 0. The summed E-state index contributed by atoms with van der Waals surface area (Å²) in [5, 5.41) is 26.5. The molecule has 3 heterocycles. The molecule has 16 heteroatoms. The molecule has 2 aliphatic rings. The number of aromatic hydroxyl groups is 2. The van der Waals surface area contributed by atoms with Crippen molar-refractivity contribution in [3.63, 3.8) is 0 Å². The molecule has 14 nitrogen and oxygen atoms in total. The largest absolute Gasteiger partial charge is 0.507 e. The number of phenolic OH excluding ortho intramolecular Hbond substituents is 2. The van der Waals surface area contributed by atoms with Gasteiger partial charge in [0.05, 0.1) is 11.3 Å². The number of aromatic nitrogens is 3. The molecular weight excluding hydrogens is 630 g/mol. The van der Waals surface area contributed by atoms with Crippen LogP contribution in [0.4, 0.5) is 29.2 Å². The van der Waals surface area contributed by atoms with Gasteiger partial charge in [-0.2, -0.15) is 15.0 Å². The van der Waals surface area contributed by atoms with Crippen molar-refractivity contribution in [2.24, 2.45) is 0 Å². The number of anilines is 5. The number of hydrogen-bond donors (Lipinski definition) is 8. The summed E-state index contributed by atoms with van der Waals surface area (Å²) < 4.78 is 0.657. The summed E-state index contributed by atoms with van der Waals surface area (Å²) in [6, 6.07) is 9.39. The summed E-state index contributed by atoms with van der Waals surface area (Å²) in [4.78, 5) is 31.2. The predicted molar refractivity (Wildman–Crippen MR) is 183 cm³/mol. The summed E-state index contributed by atoms with van der Waals surface area (Å²) >= 11 is 3.30. The van der Waals surface area contributed by atoms with Crippen LogP contribution in [-0.4, -0.2) is 57.3 Å². The first-order chi connectivity index (χ1) is 18.0. The van der Waals surface area contributed by atoms with E-state index in [4.69, 9.17) is 4.98 Å². The Hall–Kier alpha value is -3.47. The molecule has 1 amide bonds. The lowest BCUT2D eigenvalue weighted by molar-refractivity contribution is 0.102. The predicted octanol–water partition coefficient (Wildman–Crippen LogP) is 7.08. The smallest absolute Gasteiger partial charge is 0.259 e. The molecule has 16 N–H and O–H groups in total. The molecule has 5 rings (SSSR count). The molecular formula is C26H51BrClN11O3. The molecule has 2 aliphatic heterocycles. The molecule has 1 aromatic heterocycles. The van der Waals surface area contributed by atoms with Crippen LogP contribution in [0.1, 0.15) is 54.6 Å². The fourth-order valence-corrected chi connectivity index (χ4v) is 4.97. The van der Waals surface area contributed by atoms with Gasteiger partial charge >= 0.3 is 0 Å². The van der Waals surface area contributed by atoms with E-state index in [9.17, 15) is 15.0 Å². The number of amides is 1. The molecule has 0 aliphatic carbocycles. The van der Waals surface area contributed by atoms with Crippen LogP contribution in [0.15, 0.2) is 40.9 Å². The third kappa shape index (κ3) is 9.27. The number of hydrogen-bond acceptors (Lipinski definition) is 13. The van der Waals surface area contributed by atoms with Gasteiger partial charge in [0.2, 0.25) is 17.8 Å². The monoisotopic (exact) mass is 679 g/mol.